The number of hydrogen-bond donors (Lipinski definition) is 0. The Labute approximate surface area is 323 Å². The van der Waals surface area contributed by atoms with E-state index in [0.717, 1.165) is 0 Å². The second-order valence-corrected chi connectivity index (χ2v) is 9.26. The Balaban J connectivity index is -0.0000000175. The Hall–Kier alpha value is 6.39. The molecular formula is BiKMgNaNb7O21. The zero-order chi connectivity index (χ0) is 25.0. The van der Waals surface area contributed by atoms with Crippen LogP contribution >= 0.6 is 0 Å². The van der Waals surface area contributed by atoms with Crippen molar-refractivity contribution in [1.29, 1.82) is 0 Å². The number of hydrogen-bond acceptors (Lipinski definition) is 21. The van der Waals surface area contributed by atoms with Crippen LogP contribution in [0.2, 0.25) is 0 Å². The van der Waals surface area contributed by atoms with Gasteiger partial charge in [0.05, 0.1) is 0 Å². The molecule has 21 nitrogen and oxygen atoms in total. The molecule has 32 heavy (non-hydrogen) atoms. The van der Waals surface area contributed by atoms with E-state index in [2.05, 4.69) is 0 Å². The van der Waals surface area contributed by atoms with Gasteiger partial charge in [-0.1, -0.05) is 0 Å². The molecule has 170 valence electrons. The molecule has 0 spiro atoms. The summed E-state index contributed by atoms with van der Waals surface area (Å²) in [5.41, 5.74) is 0. The van der Waals surface area contributed by atoms with Gasteiger partial charge in [0.2, 0.25) is 0 Å². The van der Waals surface area contributed by atoms with E-state index in [1.54, 1.807) is 0 Å². The molecule has 0 fully saturated rings. The van der Waals surface area contributed by atoms with Crippen molar-refractivity contribution in [3.8, 4) is 0 Å². The van der Waals surface area contributed by atoms with Gasteiger partial charge in [-0.25, -0.2) is 0 Å². The summed E-state index contributed by atoms with van der Waals surface area (Å²) < 4.78 is 181. The minimum absolute atomic E-state index is 0. The Morgan fingerprint density at radius 2 is 0.312 bits per heavy atom. The van der Waals surface area contributed by atoms with Gasteiger partial charge in [-0.2, -0.15) is 0 Å². The van der Waals surface area contributed by atoms with Crippen LogP contribution in [0.25, 0.3) is 0 Å². The molecule has 0 aromatic carbocycles. The summed E-state index contributed by atoms with van der Waals surface area (Å²) in [4.78, 5) is 0. The molecular weight excluding hydrogens is 1280 g/mol. The van der Waals surface area contributed by atoms with E-state index >= 15 is 0 Å². The summed E-state index contributed by atoms with van der Waals surface area (Å²) >= 11 is -29.4. The maximum absolute atomic E-state index is 8.60. The van der Waals surface area contributed by atoms with Crippen LogP contribution in [0.4, 0.5) is 0 Å². The molecule has 0 bridgehead atoms. The molecule has 0 aromatic rings. The van der Waals surface area contributed by atoms with Crippen molar-refractivity contribution < 1.29 is 283 Å². The Kier molecular flexibility index (Phi) is 148. The van der Waals surface area contributed by atoms with Crippen molar-refractivity contribution in [1.82, 2.24) is 0 Å². The Morgan fingerprint density at radius 3 is 0.312 bits per heavy atom. The zero-order valence-electron chi connectivity index (χ0n) is 14.9. The molecule has 0 aliphatic heterocycles. The van der Waals surface area contributed by atoms with Gasteiger partial charge in [-0.15, -0.1) is 0 Å². The van der Waals surface area contributed by atoms with Crippen molar-refractivity contribution in [2.24, 2.45) is 0 Å². The predicted molar refractivity (Wildman–Crippen MR) is 21.1 cm³/mol. The summed E-state index contributed by atoms with van der Waals surface area (Å²) in [5.74, 6) is 0. The van der Waals surface area contributed by atoms with Crippen molar-refractivity contribution in [3.63, 3.8) is 0 Å². The van der Waals surface area contributed by atoms with E-state index in [9.17, 15) is 0 Å². The SMILES string of the molecule is [Bi+3].[K+].[Mg+2].[Na+].[O]=[Nb](=[O])[O-].[O]=[Nb](=[O])[O-].[O]=[Nb](=[O])[O-].[O]=[Nb](=[O])[O-].[O]=[Nb](=[O])[O-].[O]=[Nb](=[O])[O-].[O]=[Nb](=[O])[O-]. The molecule has 0 aromatic heterocycles. The van der Waals surface area contributed by atoms with E-state index in [1.807, 2.05) is 0 Å². The minimum atomic E-state index is -4.20. The van der Waals surface area contributed by atoms with Gasteiger partial charge in [0, 0.05) is 0 Å². The van der Waals surface area contributed by atoms with Gasteiger partial charge in [0.15, 0.2) is 0 Å². The van der Waals surface area contributed by atoms with Gasteiger partial charge < -0.3 is 0 Å². The molecule has 0 rings (SSSR count). The molecule has 0 saturated carbocycles. The Morgan fingerprint density at radius 1 is 0.312 bits per heavy atom. The average Bonchev–Trinajstić information content (AvgIpc) is 2.20. The summed E-state index contributed by atoms with van der Waals surface area (Å²) in [7, 11) is 0. The molecule has 2 radical (unpaired) electrons. The molecule has 0 aliphatic carbocycles. The van der Waals surface area contributed by atoms with Crippen LogP contribution in [0, 0.1) is 0 Å². The fraction of sp³-hybridized carbons (Fsp3) is 0. The van der Waals surface area contributed by atoms with Gasteiger partial charge >= 0.3 is 333 Å². The second kappa shape index (κ2) is 66.0. The van der Waals surface area contributed by atoms with Gasteiger partial charge in [0.25, 0.3) is 0 Å². The second-order valence-electron chi connectivity index (χ2n) is 1.57. The molecule has 0 unspecified atom stereocenters. The van der Waals surface area contributed by atoms with E-state index in [-0.39, 0.29) is 130 Å². The number of rotatable bonds is 0. The summed E-state index contributed by atoms with van der Waals surface area (Å²) in [5, 5.41) is 0. The van der Waals surface area contributed by atoms with Crippen LogP contribution in [0.3, 0.4) is 0 Å². The van der Waals surface area contributed by atoms with Crippen LogP contribution in [0.15, 0.2) is 0 Å². The van der Waals surface area contributed by atoms with E-state index in [0.29, 0.717) is 0 Å². The van der Waals surface area contributed by atoms with Gasteiger partial charge in [0.1, 0.15) is 0 Å². The maximum atomic E-state index is 8.60. The van der Waals surface area contributed by atoms with Crippen LogP contribution in [-0.2, 0) is 177 Å². The summed E-state index contributed by atoms with van der Waals surface area (Å²) in [6.07, 6.45) is 0. The first-order valence-corrected chi connectivity index (χ1v) is 22.7. The van der Waals surface area contributed by atoms with Crippen LogP contribution in [-0.4, -0.2) is 49.3 Å². The topological polar surface area (TPSA) is 400 Å². The van der Waals surface area contributed by atoms with Crippen molar-refractivity contribution in [2.45, 2.75) is 0 Å². The zero-order valence-corrected chi connectivity index (χ0v) is 40.3. The molecule has 0 saturated heterocycles. The summed E-state index contributed by atoms with van der Waals surface area (Å²) in [6.45, 7) is 0. The van der Waals surface area contributed by atoms with Crippen molar-refractivity contribution >= 4 is 49.3 Å². The van der Waals surface area contributed by atoms with Crippen LogP contribution in [0.1, 0.15) is 0 Å². The normalized spacial score (nSPS) is 5.47. The van der Waals surface area contributed by atoms with Gasteiger partial charge in [-0.05, 0) is 0 Å². The molecule has 0 heterocycles. The van der Waals surface area contributed by atoms with E-state index in [4.69, 9.17) is 70.8 Å². The molecule has 0 amide bonds. The first kappa shape index (κ1) is 71.5. The fourth-order valence-corrected chi connectivity index (χ4v) is 0. The third-order valence-electron chi connectivity index (χ3n) is 0. The van der Waals surface area contributed by atoms with Crippen molar-refractivity contribution in [3.05, 3.63) is 0 Å². The van der Waals surface area contributed by atoms with Crippen molar-refractivity contribution in [2.75, 3.05) is 0 Å². The summed E-state index contributed by atoms with van der Waals surface area (Å²) in [6, 6.07) is 0. The predicted octanol–water partition coefficient (Wildman–Crippen LogP) is -16.8. The standard InChI is InChI=1S/Bi.K.Mg.Na.7Nb.21O/q+3;+1;+2;+1;;;;;;;;;;;;;;;;;;;;;;7*-1. The van der Waals surface area contributed by atoms with Crippen LogP contribution < -0.4 is 106 Å². The quantitative estimate of drug-likeness (QED) is 0.203. The van der Waals surface area contributed by atoms with Crippen LogP contribution in [0.5, 0.6) is 0 Å². The van der Waals surface area contributed by atoms with E-state index in [1.165, 1.54) is 0 Å². The molecule has 0 N–H and O–H groups in total. The fourth-order valence-electron chi connectivity index (χ4n) is 0. The molecule has 0 aliphatic rings. The van der Waals surface area contributed by atoms with E-state index < -0.39 is 131 Å². The average molecular weight is 1280 g/mol. The monoisotopic (exact) mass is 1280 g/mol. The Bertz CT molecular complexity index is 584. The first-order chi connectivity index (χ1) is 12.1. The third-order valence-corrected chi connectivity index (χ3v) is 0. The molecule has 0 atom stereocenters. The van der Waals surface area contributed by atoms with Gasteiger partial charge in [-0.3, -0.25) is 0 Å². The molecule has 32 heteroatoms. The third kappa shape index (κ3) is 1120. The first-order valence-electron chi connectivity index (χ1n) is 3.83.